The third-order valence-corrected chi connectivity index (χ3v) is 5.29. The number of carbonyl (C=O) groups is 1. The van der Waals surface area contributed by atoms with Gasteiger partial charge in [-0.05, 0) is 71.7 Å². The van der Waals surface area contributed by atoms with Crippen LogP contribution in [0, 0.1) is 6.92 Å². The lowest BCUT2D eigenvalue weighted by Crippen LogP contribution is -2.24. The van der Waals surface area contributed by atoms with Crippen molar-refractivity contribution in [1.29, 1.82) is 0 Å². The van der Waals surface area contributed by atoms with Crippen molar-refractivity contribution in [2.24, 2.45) is 5.10 Å². The van der Waals surface area contributed by atoms with Gasteiger partial charge in [0.05, 0.1) is 12.8 Å². The lowest BCUT2D eigenvalue weighted by atomic mass is 10.2. The van der Waals surface area contributed by atoms with E-state index in [2.05, 4.69) is 31.8 Å². The van der Waals surface area contributed by atoms with Crippen LogP contribution in [0.5, 0.6) is 11.5 Å². The average molecular weight is 517 g/mol. The van der Waals surface area contributed by atoms with E-state index in [0.717, 1.165) is 21.2 Å². The van der Waals surface area contributed by atoms with Gasteiger partial charge < -0.3 is 14.8 Å². The highest BCUT2D eigenvalue weighted by Crippen LogP contribution is 2.34. The van der Waals surface area contributed by atoms with Crippen LogP contribution in [0.2, 0.25) is 5.02 Å². The smallest absolute Gasteiger partial charge is 0.339 e. The highest BCUT2D eigenvalue weighted by atomic mass is 79.9. The predicted molar refractivity (Wildman–Crippen MR) is 132 cm³/mol. The minimum absolute atomic E-state index is 0.373. The summed E-state index contributed by atoms with van der Waals surface area (Å²) in [7, 11) is 0. The Morgan fingerprint density at radius 1 is 1.06 bits per heavy atom. The Labute approximate surface area is 200 Å². The summed E-state index contributed by atoms with van der Waals surface area (Å²) in [6.45, 7) is 4.73. The van der Waals surface area contributed by atoms with Crippen LogP contribution in [0.4, 0.5) is 10.5 Å². The maximum absolute atomic E-state index is 12.0. The molecule has 0 bridgehead atoms. The Morgan fingerprint density at radius 2 is 1.75 bits per heavy atom. The van der Waals surface area contributed by atoms with Gasteiger partial charge in [-0.3, -0.25) is 0 Å². The molecule has 0 saturated heterocycles. The van der Waals surface area contributed by atoms with E-state index in [9.17, 15) is 4.79 Å². The summed E-state index contributed by atoms with van der Waals surface area (Å²) >= 11 is 9.45. The lowest BCUT2D eigenvalue weighted by molar-refractivity contribution is 0.252. The number of hydrogen-bond donors (Lipinski definition) is 2. The maximum Gasteiger partial charge on any atom is 0.339 e. The van der Waals surface area contributed by atoms with Crippen molar-refractivity contribution in [2.45, 2.75) is 20.5 Å². The molecule has 8 heteroatoms. The summed E-state index contributed by atoms with van der Waals surface area (Å²) in [6.07, 6.45) is 1.53. The number of halogens is 2. The van der Waals surface area contributed by atoms with Crippen molar-refractivity contribution in [2.75, 3.05) is 11.9 Å². The molecular weight excluding hydrogens is 494 g/mol. The second-order valence-electron chi connectivity index (χ2n) is 6.86. The number of aryl methyl sites for hydroxylation is 1. The summed E-state index contributed by atoms with van der Waals surface area (Å²) in [5.41, 5.74) is 5.97. The van der Waals surface area contributed by atoms with Gasteiger partial charge in [-0.15, -0.1) is 0 Å². The van der Waals surface area contributed by atoms with Gasteiger partial charge in [0, 0.05) is 20.7 Å². The molecule has 0 saturated carbocycles. The molecule has 0 unspecified atom stereocenters. The van der Waals surface area contributed by atoms with E-state index in [1.807, 2.05) is 68.4 Å². The second kappa shape index (κ2) is 11.5. The normalized spacial score (nSPS) is 10.8. The van der Waals surface area contributed by atoms with Crippen molar-refractivity contribution in [3.05, 3.63) is 86.8 Å². The fourth-order valence-electron chi connectivity index (χ4n) is 2.73. The zero-order valence-electron chi connectivity index (χ0n) is 17.7. The Balaban J connectivity index is 1.65. The first-order valence-corrected chi connectivity index (χ1v) is 11.1. The number of carbonyl (C=O) groups excluding carboxylic acids is 1. The van der Waals surface area contributed by atoms with Gasteiger partial charge in [0.1, 0.15) is 6.61 Å². The van der Waals surface area contributed by atoms with Crippen molar-refractivity contribution in [3.8, 4) is 11.5 Å². The topological polar surface area (TPSA) is 72.0 Å². The molecule has 6 nitrogen and oxygen atoms in total. The molecular formula is C24H23BrClN3O3. The fourth-order valence-corrected chi connectivity index (χ4v) is 3.28. The number of rotatable bonds is 8. The number of ether oxygens (including phenoxy) is 2. The van der Waals surface area contributed by atoms with E-state index in [4.69, 9.17) is 21.1 Å². The SMILES string of the molecule is CCOc1cc(/C=N\NC(=O)Nc2ccc(C)cc2)c(Br)cc1OCc1ccc(Cl)cc1. The summed E-state index contributed by atoms with van der Waals surface area (Å²) in [5, 5.41) is 7.42. The van der Waals surface area contributed by atoms with Crippen molar-refractivity contribution < 1.29 is 14.3 Å². The number of urea groups is 1. The Kier molecular flexibility index (Phi) is 8.53. The van der Waals surface area contributed by atoms with Gasteiger partial charge >= 0.3 is 6.03 Å². The van der Waals surface area contributed by atoms with E-state index in [0.29, 0.717) is 35.4 Å². The Morgan fingerprint density at radius 3 is 2.44 bits per heavy atom. The van der Waals surface area contributed by atoms with Gasteiger partial charge in [0.25, 0.3) is 0 Å². The molecule has 32 heavy (non-hydrogen) atoms. The number of nitrogens with zero attached hydrogens (tertiary/aromatic N) is 1. The highest BCUT2D eigenvalue weighted by molar-refractivity contribution is 9.10. The van der Waals surface area contributed by atoms with Crippen molar-refractivity contribution >= 4 is 45.5 Å². The van der Waals surface area contributed by atoms with Crippen molar-refractivity contribution in [1.82, 2.24) is 5.43 Å². The number of anilines is 1. The van der Waals surface area contributed by atoms with E-state index in [1.165, 1.54) is 6.21 Å². The number of amides is 2. The number of nitrogens with one attached hydrogen (secondary N) is 2. The number of benzene rings is 3. The van der Waals surface area contributed by atoms with E-state index < -0.39 is 6.03 Å². The van der Waals surface area contributed by atoms with E-state index in [1.54, 1.807) is 6.07 Å². The third kappa shape index (κ3) is 7.00. The Bertz CT molecular complexity index is 1090. The molecule has 0 aromatic heterocycles. The molecule has 2 amide bonds. The quantitative estimate of drug-likeness (QED) is 0.264. The molecule has 0 atom stereocenters. The largest absolute Gasteiger partial charge is 0.490 e. The molecule has 0 fully saturated rings. The lowest BCUT2D eigenvalue weighted by Gasteiger charge is -2.14. The Hall–Kier alpha value is -3.03. The monoisotopic (exact) mass is 515 g/mol. The zero-order chi connectivity index (χ0) is 22.9. The van der Waals surface area contributed by atoms with Crippen LogP contribution in [0.15, 0.2) is 70.2 Å². The minimum atomic E-state index is -0.436. The van der Waals surface area contributed by atoms with Crippen LogP contribution >= 0.6 is 27.5 Å². The molecule has 0 heterocycles. The van der Waals surface area contributed by atoms with E-state index >= 15 is 0 Å². The molecule has 0 spiro atoms. The molecule has 2 N–H and O–H groups in total. The summed E-state index contributed by atoms with van der Waals surface area (Å²) in [6, 6.07) is 18.1. The maximum atomic E-state index is 12.0. The minimum Gasteiger partial charge on any atom is -0.490 e. The van der Waals surface area contributed by atoms with Gasteiger partial charge in [-0.2, -0.15) is 5.10 Å². The first kappa shape index (κ1) is 23.6. The standard InChI is InChI=1S/C24H23BrClN3O3/c1-3-31-22-12-18(14-27-29-24(30)28-20-10-4-16(2)5-11-20)21(25)13-23(22)32-15-17-6-8-19(26)9-7-17/h4-14H,3,15H2,1-2H3,(H2,28,29,30)/b27-14-. The second-order valence-corrected chi connectivity index (χ2v) is 8.15. The first-order valence-electron chi connectivity index (χ1n) is 9.95. The third-order valence-electron chi connectivity index (χ3n) is 4.35. The number of hydrogen-bond acceptors (Lipinski definition) is 4. The summed E-state index contributed by atoms with van der Waals surface area (Å²) < 4.78 is 12.4. The van der Waals surface area contributed by atoms with Gasteiger partial charge in [-0.1, -0.05) is 41.4 Å². The molecule has 3 rings (SSSR count). The van der Waals surface area contributed by atoms with Crippen LogP contribution in [-0.4, -0.2) is 18.9 Å². The molecule has 166 valence electrons. The summed E-state index contributed by atoms with van der Waals surface area (Å²) in [4.78, 5) is 12.0. The van der Waals surface area contributed by atoms with Crippen LogP contribution in [0.1, 0.15) is 23.6 Å². The van der Waals surface area contributed by atoms with Gasteiger partial charge in [0.2, 0.25) is 0 Å². The molecule has 3 aromatic rings. The predicted octanol–water partition coefficient (Wildman–Crippen LogP) is 6.54. The van der Waals surface area contributed by atoms with Gasteiger partial charge in [-0.25, -0.2) is 10.2 Å². The van der Waals surface area contributed by atoms with Crippen LogP contribution in [-0.2, 0) is 6.61 Å². The average Bonchev–Trinajstić information content (AvgIpc) is 2.77. The molecule has 0 aliphatic carbocycles. The van der Waals surface area contributed by atoms with Crippen LogP contribution in [0.3, 0.4) is 0 Å². The van der Waals surface area contributed by atoms with Crippen LogP contribution < -0.4 is 20.2 Å². The molecule has 3 aromatic carbocycles. The fraction of sp³-hybridized carbons (Fsp3) is 0.167. The zero-order valence-corrected chi connectivity index (χ0v) is 20.0. The molecule has 0 radical (unpaired) electrons. The van der Waals surface area contributed by atoms with Gasteiger partial charge in [0.15, 0.2) is 11.5 Å². The molecule has 0 aliphatic rings. The number of hydrazone groups is 1. The van der Waals surface area contributed by atoms with E-state index in [-0.39, 0.29) is 0 Å². The highest BCUT2D eigenvalue weighted by Gasteiger charge is 2.11. The molecule has 0 aliphatic heterocycles. The van der Waals surface area contributed by atoms with Crippen LogP contribution in [0.25, 0.3) is 0 Å². The first-order chi connectivity index (χ1) is 15.4. The van der Waals surface area contributed by atoms with Crippen molar-refractivity contribution in [3.63, 3.8) is 0 Å². The summed E-state index contributed by atoms with van der Waals surface area (Å²) in [5.74, 6) is 1.17.